The maximum Gasteiger partial charge on any atom is 0.251 e. The number of rotatable bonds is 4. The van der Waals surface area contributed by atoms with Gasteiger partial charge in [0.05, 0.1) is 11.0 Å². The van der Waals surface area contributed by atoms with Crippen LogP contribution in [0, 0.1) is 0 Å². The number of amides is 1. The van der Waals surface area contributed by atoms with Crippen LogP contribution in [0.5, 0.6) is 0 Å². The summed E-state index contributed by atoms with van der Waals surface area (Å²) in [6, 6.07) is 8.36. The number of nitrogens with zero attached hydrogens (tertiary/aromatic N) is 3. The molecule has 2 saturated heterocycles. The fraction of sp³-hybridized carbons (Fsp3) is 0.600. The molecule has 2 unspecified atom stereocenters. The first-order chi connectivity index (χ1) is 12.3. The van der Waals surface area contributed by atoms with Gasteiger partial charge in [0.25, 0.3) is 5.91 Å². The molecule has 0 spiro atoms. The van der Waals surface area contributed by atoms with Crippen LogP contribution in [-0.2, 0) is 16.1 Å². The average Bonchev–Trinajstić information content (AvgIpc) is 3.30. The van der Waals surface area contributed by atoms with Gasteiger partial charge in [0.15, 0.2) is 0 Å². The number of piperidine rings is 1. The smallest absolute Gasteiger partial charge is 0.251 e. The van der Waals surface area contributed by atoms with E-state index in [0.717, 1.165) is 69.7 Å². The van der Waals surface area contributed by atoms with Crippen molar-refractivity contribution in [2.24, 2.45) is 0 Å². The van der Waals surface area contributed by atoms with Crippen LogP contribution in [0.4, 0.5) is 0 Å². The van der Waals surface area contributed by atoms with Crippen LogP contribution in [0.25, 0.3) is 11.0 Å². The monoisotopic (exact) mass is 341 g/mol. The molecule has 5 heteroatoms. The Morgan fingerprint density at radius 2 is 2.16 bits per heavy atom. The molecule has 0 saturated carbocycles. The van der Waals surface area contributed by atoms with Crippen molar-refractivity contribution in [3.05, 3.63) is 30.1 Å². The number of para-hydroxylation sites is 2. The van der Waals surface area contributed by atoms with E-state index in [1.54, 1.807) is 0 Å². The second-order valence-corrected chi connectivity index (χ2v) is 7.24. The second kappa shape index (κ2) is 7.16. The summed E-state index contributed by atoms with van der Waals surface area (Å²) in [5.41, 5.74) is 2.27. The third-order valence-electron chi connectivity index (χ3n) is 5.43. The van der Waals surface area contributed by atoms with Gasteiger partial charge < -0.3 is 14.2 Å². The third kappa shape index (κ3) is 3.17. The van der Waals surface area contributed by atoms with Crippen molar-refractivity contribution < 1.29 is 9.53 Å². The SMILES string of the molecule is CCCn1c(C2CCCN(C(=O)C3CCCO3)C2)nc2ccccc21. The molecule has 2 aliphatic heterocycles. The third-order valence-corrected chi connectivity index (χ3v) is 5.43. The molecule has 2 fully saturated rings. The minimum atomic E-state index is -0.215. The van der Waals surface area contributed by atoms with Crippen molar-refractivity contribution in [1.29, 1.82) is 0 Å². The molecular weight excluding hydrogens is 314 g/mol. The lowest BCUT2D eigenvalue weighted by molar-refractivity contribution is -0.142. The summed E-state index contributed by atoms with van der Waals surface area (Å²) in [6.45, 7) is 5.52. The van der Waals surface area contributed by atoms with E-state index in [-0.39, 0.29) is 12.0 Å². The van der Waals surface area contributed by atoms with Crippen molar-refractivity contribution in [3.8, 4) is 0 Å². The van der Waals surface area contributed by atoms with Crippen molar-refractivity contribution in [2.45, 2.75) is 57.6 Å². The van der Waals surface area contributed by atoms with Crippen LogP contribution < -0.4 is 0 Å². The first-order valence-corrected chi connectivity index (χ1v) is 9.63. The molecule has 134 valence electrons. The zero-order valence-electron chi connectivity index (χ0n) is 15.0. The van der Waals surface area contributed by atoms with Gasteiger partial charge in [0, 0.05) is 32.2 Å². The van der Waals surface area contributed by atoms with Crippen LogP contribution in [0.3, 0.4) is 0 Å². The standard InChI is InChI=1S/C20H27N3O2/c1-2-11-23-17-9-4-3-8-16(17)21-19(23)15-7-5-12-22(14-15)20(24)18-10-6-13-25-18/h3-4,8-9,15,18H,2,5-7,10-14H2,1H3. The first kappa shape index (κ1) is 16.6. The molecule has 1 aromatic carbocycles. The predicted octanol–water partition coefficient (Wildman–Crippen LogP) is 3.33. The Labute approximate surface area is 149 Å². The molecule has 0 N–H and O–H groups in total. The fourth-order valence-electron chi connectivity index (χ4n) is 4.23. The van der Waals surface area contributed by atoms with Gasteiger partial charge in [-0.2, -0.15) is 0 Å². The quantitative estimate of drug-likeness (QED) is 0.857. The molecular formula is C20H27N3O2. The molecule has 25 heavy (non-hydrogen) atoms. The average molecular weight is 341 g/mol. The van der Waals surface area contributed by atoms with Crippen molar-refractivity contribution >= 4 is 16.9 Å². The highest BCUT2D eigenvalue weighted by Gasteiger charge is 2.33. The van der Waals surface area contributed by atoms with E-state index in [1.807, 2.05) is 11.0 Å². The Morgan fingerprint density at radius 3 is 2.96 bits per heavy atom. The number of ether oxygens (including phenoxy) is 1. The number of likely N-dealkylation sites (tertiary alicyclic amines) is 1. The second-order valence-electron chi connectivity index (χ2n) is 7.24. The van der Waals surface area contributed by atoms with Gasteiger partial charge in [-0.3, -0.25) is 4.79 Å². The molecule has 0 bridgehead atoms. The number of carbonyl (C=O) groups is 1. The van der Waals surface area contributed by atoms with E-state index in [9.17, 15) is 4.79 Å². The molecule has 0 aliphatic carbocycles. The first-order valence-electron chi connectivity index (χ1n) is 9.63. The molecule has 0 radical (unpaired) electrons. The Morgan fingerprint density at radius 1 is 1.28 bits per heavy atom. The number of aromatic nitrogens is 2. The van der Waals surface area contributed by atoms with Gasteiger partial charge in [-0.05, 0) is 44.2 Å². The van der Waals surface area contributed by atoms with Gasteiger partial charge >= 0.3 is 0 Å². The number of aryl methyl sites for hydroxylation is 1. The molecule has 5 nitrogen and oxygen atoms in total. The molecule has 1 amide bonds. The van der Waals surface area contributed by atoms with Gasteiger partial charge in [-0.15, -0.1) is 0 Å². The summed E-state index contributed by atoms with van der Waals surface area (Å²) in [7, 11) is 0. The number of hydrogen-bond acceptors (Lipinski definition) is 3. The lowest BCUT2D eigenvalue weighted by Gasteiger charge is -2.34. The lowest BCUT2D eigenvalue weighted by Crippen LogP contribution is -2.44. The Bertz CT molecular complexity index is 748. The van der Waals surface area contributed by atoms with E-state index in [2.05, 4.69) is 29.7 Å². The van der Waals surface area contributed by atoms with Gasteiger partial charge in [0.1, 0.15) is 11.9 Å². The van der Waals surface area contributed by atoms with Crippen molar-refractivity contribution in [3.63, 3.8) is 0 Å². The van der Waals surface area contributed by atoms with Crippen molar-refractivity contribution in [2.75, 3.05) is 19.7 Å². The highest BCUT2D eigenvalue weighted by molar-refractivity contribution is 5.81. The topological polar surface area (TPSA) is 47.4 Å². The van der Waals surface area contributed by atoms with Gasteiger partial charge in [-0.1, -0.05) is 19.1 Å². The molecule has 1 aromatic heterocycles. The molecule has 4 rings (SSSR count). The van der Waals surface area contributed by atoms with E-state index >= 15 is 0 Å². The Hall–Kier alpha value is -1.88. The summed E-state index contributed by atoms with van der Waals surface area (Å²) in [4.78, 5) is 19.7. The number of imidazole rings is 1. The minimum Gasteiger partial charge on any atom is -0.368 e. The molecule has 2 aromatic rings. The number of benzene rings is 1. The highest BCUT2D eigenvalue weighted by atomic mass is 16.5. The van der Waals surface area contributed by atoms with Crippen LogP contribution in [0.2, 0.25) is 0 Å². The van der Waals surface area contributed by atoms with Crippen LogP contribution in [0.1, 0.15) is 50.8 Å². The van der Waals surface area contributed by atoms with Crippen LogP contribution in [-0.4, -0.2) is 46.2 Å². The summed E-state index contributed by atoms with van der Waals surface area (Å²) in [6.07, 6.45) is 4.88. The summed E-state index contributed by atoms with van der Waals surface area (Å²) >= 11 is 0. The summed E-state index contributed by atoms with van der Waals surface area (Å²) in [5.74, 6) is 1.64. The lowest BCUT2D eigenvalue weighted by atomic mass is 9.96. The Kier molecular flexibility index (Phi) is 4.75. The minimum absolute atomic E-state index is 0.181. The number of fused-ring (bicyclic) bond motifs is 1. The molecule has 3 heterocycles. The zero-order valence-corrected chi connectivity index (χ0v) is 15.0. The van der Waals surface area contributed by atoms with E-state index in [4.69, 9.17) is 9.72 Å². The molecule has 2 aliphatic rings. The van der Waals surface area contributed by atoms with Crippen molar-refractivity contribution in [1.82, 2.24) is 14.5 Å². The predicted molar refractivity (Wildman–Crippen MR) is 97.6 cm³/mol. The number of hydrogen-bond donors (Lipinski definition) is 0. The maximum absolute atomic E-state index is 12.7. The van der Waals surface area contributed by atoms with Gasteiger partial charge in [0.2, 0.25) is 0 Å². The van der Waals surface area contributed by atoms with E-state index < -0.39 is 0 Å². The highest BCUT2D eigenvalue weighted by Crippen LogP contribution is 2.30. The van der Waals surface area contributed by atoms with Gasteiger partial charge in [-0.25, -0.2) is 4.98 Å². The summed E-state index contributed by atoms with van der Waals surface area (Å²) in [5, 5.41) is 0. The normalized spacial score (nSPS) is 24.1. The fourth-order valence-corrected chi connectivity index (χ4v) is 4.23. The maximum atomic E-state index is 12.7. The van der Waals surface area contributed by atoms with E-state index in [1.165, 1.54) is 5.52 Å². The number of carbonyl (C=O) groups excluding carboxylic acids is 1. The van der Waals surface area contributed by atoms with E-state index in [0.29, 0.717) is 5.92 Å². The Balaban J connectivity index is 1.59. The van der Waals surface area contributed by atoms with Crippen LogP contribution >= 0.6 is 0 Å². The largest absolute Gasteiger partial charge is 0.368 e. The summed E-state index contributed by atoms with van der Waals surface area (Å²) < 4.78 is 7.97. The zero-order chi connectivity index (χ0) is 17.2. The molecule has 2 atom stereocenters. The van der Waals surface area contributed by atoms with Crippen LogP contribution in [0.15, 0.2) is 24.3 Å².